The van der Waals surface area contributed by atoms with Gasteiger partial charge in [0, 0.05) is 17.2 Å². The lowest BCUT2D eigenvalue weighted by Gasteiger charge is -2.14. The first-order valence-corrected chi connectivity index (χ1v) is 6.82. The van der Waals surface area contributed by atoms with E-state index in [0.29, 0.717) is 0 Å². The van der Waals surface area contributed by atoms with Crippen LogP contribution in [0.15, 0.2) is 11.1 Å². The Kier molecular flexibility index (Phi) is 8.27. The number of rotatable bonds is 7. The molecule has 6 heteroatoms. The molecular weight excluding hydrogens is 260 g/mol. The van der Waals surface area contributed by atoms with Crippen LogP contribution in [-0.4, -0.2) is 29.1 Å². The minimum Gasteiger partial charge on any atom is -0.478 e. The lowest BCUT2D eigenvalue weighted by Crippen LogP contribution is -2.44. The number of imide groups is 1. The minimum absolute atomic E-state index is 0.0197. The summed E-state index contributed by atoms with van der Waals surface area (Å²) in [7, 11) is 0. The molecule has 0 spiro atoms. The lowest BCUT2D eigenvalue weighted by atomic mass is 10.1. The number of carbonyl (C=O) groups excluding carboxylic acids is 2. The number of hydrogen-bond donors (Lipinski definition) is 3. The molecule has 0 aliphatic rings. The molecule has 0 heterocycles. The lowest BCUT2D eigenvalue weighted by molar-refractivity contribution is -0.133. The maximum atomic E-state index is 11.6. The zero-order chi connectivity index (χ0) is 15.7. The van der Waals surface area contributed by atoms with Crippen molar-refractivity contribution in [2.45, 2.75) is 59.4 Å². The Hall–Kier alpha value is -1.85. The number of carbonyl (C=O) groups is 3. The number of carboxylic acids is 1. The quantitative estimate of drug-likeness (QED) is 0.493. The molecule has 0 aromatic heterocycles. The molecular formula is C14H24N2O4. The molecule has 0 saturated carbocycles. The number of aliphatic carboxylic acids is 1. The van der Waals surface area contributed by atoms with Gasteiger partial charge in [-0.1, -0.05) is 26.2 Å². The van der Waals surface area contributed by atoms with Gasteiger partial charge in [0.15, 0.2) is 0 Å². The molecule has 0 radical (unpaired) electrons. The van der Waals surface area contributed by atoms with Crippen LogP contribution in [-0.2, 0) is 9.59 Å². The Morgan fingerprint density at radius 2 is 1.70 bits per heavy atom. The molecule has 0 fully saturated rings. The first kappa shape index (κ1) is 18.1. The maximum Gasteiger partial charge on any atom is 0.331 e. The van der Waals surface area contributed by atoms with Gasteiger partial charge in [-0.25, -0.2) is 9.59 Å². The Labute approximate surface area is 119 Å². The zero-order valence-electron chi connectivity index (χ0n) is 12.6. The highest BCUT2D eigenvalue weighted by molar-refractivity contribution is 6.07. The third-order valence-corrected chi connectivity index (χ3v) is 3.07. The van der Waals surface area contributed by atoms with Crippen LogP contribution in [0.3, 0.4) is 0 Å². The van der Waals surface area contributed by atoms with Crippen molar-refractivity contribution in [1.29, 1.82) is 0 Å². The second-order valence-electron chi connectivity index (χ2n) is 4.88. The number of hydrogen-bond acceptors (Lipinski definition) is 3. The van der Waals surface area contributed by atoms with Crippen molar-refractivity contribution < 1.29 is 19.5 Å². The molecule has 20 heavy (non-hydrogen) atoms. The molecule has 0 saturated heterocycles. The molecule has 1 unspecified atom stereocenters. The molecule has 0 aromatic carbocycles. The highest BCUT2D eigenvalue weighted by Crippen LogP contribution is 2.04. The number of nitrogens with one attached hydrogen (secondary N) is 2. The molecule has 3 amide bonds. The highest BCUT2D eigenvalue weighted by atomic mass is 16.4. The van der Waals surface area contributed by atoms with Crippen molar-refractivity contribution in [3.05, 3.63) is 11.1 Å². The average molecular weight is 284 g/mol. The normalized spacial score (nSPS) is 13.2. The van der Waals surface area contributed by atoms with E-state index in [-0.39, 0.29) is 17.2 Å². The van der Waals surface area contributed by atoms with E-state index < -0.39 is 17.9 Å². The topological polar surface area (TPSA) is 95.5 Å². The molecule has 0 aliphatic carbocycles. The number of urea groups is 1. The number of carboxylic acid groups (broad SMARTS) is 1. The van der Waals surface area contributed by atoms with Gasteiger partial charge in [-0.2, -0.15) is 0 Å². The average Bonchev–Trinajstić information content (AvgIpc) is 2.36. The summed E-state index contributed by atoms with van der Waals surface area (Å²) in [6, 6.07) is -0.629. The Balaban J connectivity index is 4.30. The van der Waals surface area contributed by atoms with Gasteiger partial charge in [-0.3, -0.25) is 10.1 Å². The van der Waals surface area contributed by atoms with E-state index in [0.717, 1.165) is 25.7 Å². The van der Waals surface area contributed by atoms with Crippen molar-refractivity contribution >= 4 is 17.9 Å². The Morgan fingerprint density at radius 3 is 2.20 bits per heavy atom. The van der Waals surface area contributed by atoms with Gasteiger partial charge in [-0.15, -0.1) is 0 Å². The van der Waals surface area contributed by atoms with E-state index in [1.54, 1.807) is 0 Å². The van der Waals surface area contributed by atoms with Crippen molar-refractivity contribution in [3.63, 3.8) is 0 Å². The summed E-state index contributed by atoms with van der Waals surface area (Å²) in [6.45, 7) is 6.66. The summed E-state index contributed by atoms with van der Waals surface area (Å²) >= 11 is 0. The Morgan fingerprint density at radius 1 is 1.10 bits per heavy atom. The Bertz CT molecular complexity index is 402. The van der Waals surface area contributed by atoms with Crippen LogP contribution in [0.1, 0.15) is 53.4 Å². The van der Waals surface area contributed by atoms with E-state index in [1.165, 1.54) is 13.8 Å². The van der Waals surface area contributed by atoms with Crippen molar-refractivity contribution in [2.24, 2.45) is 0 Å². The van der Waals surface area contributed by atoms with Gasteiger partial charge in [0.2, 0.25) is 0 Å². The molecule has 6 nitrogen and oxygen atoms in total. The van der Waals surface area contributed by atoms with Crippen molar-refractivity contribution in [3.8, 4) is 0 Å². The zero-order valence-corrected chi connectivity index (χ0v) is 12.6. The molecule has 0 aliphatic heterocycles. The summed E-state index contributed by atoms with van der Waals surface area (Å²) in [5, 5.41) is 13.5. The van der Waals surface area contributed by atoms with Crippen LogP contribution in [0.4, 0.5) is 4.79 Å². The second-order valence-corrected chi connectivity index (χ2v) is 4.88. The van der Waals surface area contributed by atoms with Crippen molar-refractivity contribution in [1.82, 2.24) is 10.6 Å². The first-order chi connectivity index (χ1) is 9.29. The van der Waals surface area contributed by atoms with Crippen LogP contribution in [0.5, 0.6) is 0 Å². The van der Waals surface area contributed by atoms with Crippen LogP contribution >= 0.6 is 0 Å². The fourth-order valence-electron chi connectivity index (χ4n) is 1.56. The second kappa shape index (κ2) is 9.12. The van der Waals surface area contributed by atoms with Crippen molar-refractivity contribution in [2.75, 3.05) is 0 Å². The van der Waals surface area contributed by atoms with Gasteiger partial charge in [0.05, 0.1) is 0 Å². The van der Waals surface area contributed by atoms with Gasteiger partial charge < -0.3 is 10.4 Å². The number of amides is 3. The van der Waals surface area contributed by atoms with E-state index in [1.807, 2.05) is 6.92 Å². The summed E-state index contributed by atoms with van der Waals surface area (Å²) < 4.78 is 0. The molecule has 0 rings (SSSR count). The first-order valence-electron chi connectivity index (χ1n) is 6.82. The fraction of sp³-hybridized carbons (Fsp3) is 0.643. The molecule has 0 aromatic rings. The van der Waals surface area contributed by atoms with Crippen LogP contribution < -0.4 is 10.6 Å². The molecule has 114 valence electrons. The third-order valence-electron chi connectivity index (χ3n) is 3.07. The predicted molar refractivity (Wildman–Crippen MR) is 76.3 cm³/mol. The van der Waals surface area contributed by atoms with Gasteiger partial charge >= 0.3 is 12.0 Å². The monoisotopic (exact) mass is 284 g/mol. The summed E-state index contributed by atoms with van der Waals surface area (Å²) in [4.78, 5) is 33.9. The van der Waals surface area contributed by atoms with Crippen LogP contribution in [0, 0.1) is 0 Å². The van der Waals surface area contributed by atoms with Gasteiger partial charge in [0.25, 0.3) is 5.91 Å². The van der Waals surface area contributed by atoms with E-state index >= 15 is 0 Å². The maximum absolute atomic E-state index is 11.6. The number of unbranched alkanes of at least 4 members (excludes halogenated alkanes) is 2. The van der Waals surface area contributed by atoms with E-state index in [2.05, 4.69) is 17.6 Å². The molecule has 0 bridgehead atoms. The molecule has 1 atom stereocenters. The van der Waals surface area contributed by atoms with Crippen LogP contribution in [0.2, 0.25) is 0 Å². The SMILES string of the molecule is CCCCCC(C)NC(=O)NC(=O)C(C)=C(C)C(=O)O. The standard InChI is InChI=1S/C14H24N2O4/c1-5-6-7-8-9(2)15-14(20)16-12(17)10(3)11(4)13(18)19/h9H,5-8H2,1-4H3,(H,18,19)(H2,15,16,17,20). The largest absolute Gasteiger partial charge is 0.478 e. The van der Waals surface area contributed by atoms with E-state index in [4.69, 9.17) is 5.11 Å². The third kappa shape index (κ3) is 6.92. The summed E-state index contributed by atoms with van der Waals surface area (Å²) in [5.41, 5.74) is -0.0578. The van der Waals surface area contributed by atoms with Crippen LogP contribution in [0.25, 0.3) is 0 Å². The predicted octanol–water partition coefficient (Wildman–Crippen LogP) is 2.20. The summed E-state index contributed by atoms with van der Waals surface area (Å²) in [5.74, 6) is -1.87. The minimum atomic E-state index is -1.18. The highest BCUT2D eigenvalue weighted by Gasteiger charge is 2.16. The van der Waals surface area contributed by atoms with Gasteiger partial charge in [-0.05, 0) is 27.2 Å². The van der Waals surface area contributed by atoms with Gasteiger partial charge in [0.1, 0.15) is 0 Å². The fourth-order valence-corrected chi connectivity index (χ4v) is 1.56. The smallest absolute Gasteiger partial charge is 0.331 e. The van der Waals surface area contributed by atoms with E-state index in [9.17, 15) is 14.4 Å². The summed E-state index contributed by atoms with van der Waals surface area (Å²) in [6.07, 6.45) is 4.07. The molecule has 3 N–H and O–H groups in total.